The van der Waals surface area contributed by atoms with Crippen LogP contribution >= 0.6 is 23.1 Å². The van der Waals surface area contributed by atoms with Crippen LogP contribution in [0.15, 0.2) is 63.8 Å². The van der Waals surface area contributed by atoms with Crippen molar-refractivity contribution in [1.29, 1.82) is 0 Å². The fourth-order valence-electron chi connectivity index (χ4n) is 2.40. The highest BCUT2D eigenvalue weighted by Crippen LogP contribution is 2.27. The van der Waals surface area contributed by atoms with Crippen LogP contribution in [0, 0.1) is 5.82 Å². The number of aromatic nitrogens is 2. The number of sulfonamides is 1. The smallest absolute Gasteiger partial charge is 0.264 e. The van der Waals surface area contributed by atoms with Crippen LogP contribution in [0.5, 0.6) is 0 Å². The highest BCUT2D eigenvalue weighted by molar-refractivity contribution is 8.01. The fraction of sp³-hybridized carbons (Fsp3) is 0.167. The lowest BCUT2D eigenvalue weighted by Gasteiger charge is -2.24. The molecule has 29 heavy (non-hydrogen) atoms. The van der Waals surface area contributed by atoms with E-state index in [-0.39, 0.29) is 15.7 Å². The summed E-state index contributed by atoms with van der Waals surface area (Å²) in [5, 5.41) is 10.6. The van der Waals surface area contributed by atoms with Gasteiger partial charge in [-0.3, -0.25) is 14.4 Å². The molecule has 7 nitrogen and oxygen atoms in total. The fourth-order valence-corrected chi connectivity index (χ4v) is 5.52. The van der Waals surface area contributed by atoms with Gasteiger partial charge in [0.2, 0.25) is 11.0 Å². The molecule has 0 aliphatic carbocycles. The number of amides is 1. The average Bonchev–Trinajstić information content (AvgIpc) is 3.14. The average molecular weight is 453 g/mol. The number of nitrogens with zero attached hydrogens (tertiary/aromatic N) is 3. The molecule has 0 aliphatic heterocycles. The third-order valence-corrected chi connectivity index (χ3v) is 7.29. The molecule has 1 N–H and O–H groups in total. The Hall–Kier alpha value is -2.50. The van der Waals surface area contributed by atoms with Crippen LogP contribution < -0.4 is 9.62 Å². The predicted molar refractivity (Wildman–Crippen MR) is 112 cm³/mol. The van der Waals surface area contributed by atoms with Crippen molar-refractivity contribution in [1.82, 2.24) is 10.2 Å². The van der Waals surface area contributed by atoms with E-state index in [4.69, 9.17) is 0 Å². The molecule has 0 bridgehead atoms. The van der Waals surface area contributed by atoms with Crippen molar-refractivity contribution in [3.05, 3.63) is 60.4 Å². The van der Waals surface area contributed by atoms with Crippen molar-refractivity contribution in [3.8, 4) is 0 Å². The number of carbonyl (C=O) groups is 1. The molecular formula is C18H17FN4O3S3. The molecule has 1 heterocycles. The SMILES string of the molecule is CCSc1nnc(NC(=O)CN(c2ccccc2F)S(=O)(=O)c2ccccc2)s1. The standard InChI is InChI=1S/C18H17FN4O3S3/c1-2-27-18-22-21-17(28-18)20-16(24)12-23(15-11-7-6-10-14(15)19)29(25,26)13-8-4-3-5-9-13/h3-11H,2,12H2,1H3,(H,20,21,24). The Balaban J connectivity index is 1.89. The van der Waals surface area contributed by atoms with Crippen LogP contribution in [0.2, 0.25) is 0 Å². The van der Waals surface area contributed by atoms with Gasteiger partial charge in [-0.2, -0.15) is 0 Å². The molecule has 152 valence electrons. The maximum Gasteiger partial charge on any atom is 0.264 e. The van der Waals surface area contributed by atoms with E-state index in [2.05, 4.69) is 15.5 Å². The summed E-state index contributed by atoms with van der Waals surface area (Å²) in [6.45, 7) is 1.35. The second-order valence-electron chi connectivity index (χ2n) is 5.63. The molecule has 0 unspecified atom stereocenters. The second-order valence-corrected chi connectivity index (χ2v) is 9.98. The van der Waals surface area contributed by atoms with Crippen molar-refractivity contribution in [2.45, 2.75) is 16.2 Å². The van der Waals surface area contributed by atoms with Gasteiger partial charge in [0.05, 0.1) is 10.6 Å². The van der Waals surface area contributed by atoms with E-state index in [1.54, 1.807) is 18.2 Å². The molecule has 0 atom stereocenters. The topological polar surface area (TPSA) is 92.3 Å². The lowest BCUT2D eigenvalue weighted by molar-refractivity contribution is -0.114. The van der Waals surface area contributed by atoms with E-state index in [1.165, 1.54) is 53.4 Å². The molecule has 3 rings (SSSR count). The molecule has 2 aromatic carbocycles. The van der Waals surface area contributed by atoms with Crippen molar-refractivity contribution in [2.75, 3.05) is 21.9 Å². The van der Waals surface area contributed by atoms with Gasteiger partial charge in [0, 0.05) is 0 Å². The molecular weight excluding hydrogens is 435 g/mol. The Bertz CT molecular complexity index is 1090. The molecule has 0 saturated carbocycles. The number of nitrogens with one attached hydrogen (secondary N) is 1. The summed E-state index contributed by atoms with van der Waals surface area (Å²) >= 11 is 2.66. The van der Waals surface area contributed by atoms with Crippen molar-refractivity contribution < 1.29 is 17.6 Å². The first-order valence-corrected chi connectivity index (χ1v) is 11.7. The number of benzene rings is 2. The number of carbonyl (C=O) groups excluding carboxylic acids is 1. The van der Waals surface area contributed by atoms with Gasteiger partial charge < -0.3 is 0 Å². The molecule has 1 aromatic heterocycles. The van der Waals surface area contributed by atoms with Crippen LogP contribution in [-0.4, -0.2) is 36.8 Å². The van der Waals surface area contributed by atoms with Gasteiger partial charge in [-0.25, -0.2) is 12.8 Å². The minimum absolute atomic E-state index is 0.0476. The number of para-hydroxylation sites is 1. The predicted octanol–water partition coefficient (Wildman–Crippen LogP) is 3.62. The van der Waals surface area contributed by atoms with E-state index in [1.807, 2.05) is 6.92 Å². The summed E-state index contributed by atoms with van der Waals surface area (Å²) in [4.78, 5) is 12.5. The van der Waals surface area contributed by atoms with E-state index in [0.29, 0.717) is 4.34 Å². The van der Waals surface area contributed by atoms with Crippen molar-refractivity contribution >= 4 is 49.8 Å². The summed E-state index contributed by atoms with van der Waals surface area (Å²) in [6.07, 6.45) is 0. The highest BCUT2D eigenvalue weighted by Gasteiger charge is 2.29. The third kappa shape index (κ3) is 5.11. The van der Waals surface area contributed by atoms with Crippen LogP contribution in [0.4, 0.5) is 15.2 Å². The molecule has 0 spiro atoms. The Morgan fingerprint density at radius 3 is 2.52 bits per heavy atom. The molecule has 0 radical (unpaired) electrons. The first-order valence-electron chi connectivity index (χ1n) is 8.50. The third-order valence-electron chi connectivity index (χ3n) is 3.66. The van der Waals surface area contributed by atoms with Gasteiger partial charge in [-0.15, -0.1) is 10.2 Å². The zero-order valence-electron chi connectivity index (χ0n) is 15.3. The number of hydrogen-bond acceptors (Lipinski definition) is 7. The van der Waals surface area contributed by atoms with E-state index < -0.39 is 28.3 Å². The van der Waals surface area contributed by atoms with Gasteiger partial charge >= 0.3 is 0 Å². The number of anilines is 2. The Kier molecular flexibility index (Phi) is 6.83. The largest absolute Gasteiger partial charge is 0.299 e. The molecule has 3 aromatic rings. The van der Waals surface area contributed by atoms with Gasteiger partial charge in [0.1, 0.15) is 12.4 Å². The Morgan fingerprint density at radius 1 is 1.14 bits per heavy atom. The minimum Gasteiger partial charge on any atom is -0.299 e. The summed E-state index contributed by atoms with van der Waals surface area (Å²) in [5.74, 6) is -0.604. The Morgan fingerprint density at radius 2 is 1.83 bits per heavy atom. The highest BCUT2D eigenvalue weighted by atomic mass is 32.2. The van der Waals surface area contributed by atoms with Gasteiger partial charge in [0.25, 0.3) is 10.0 Å². The number of halogens is 1. The molecule has 0 aliphatic rings. The minimum atomic E-state index is -4.17. The normalized spacial score (nSPS) is 11.2. The molecule has 0 saturated heterocycles. The maximum atomic E-state index is 14.4. The second kappa shape index (κ2) is 9.33. The summed E-state index contributed by atoms with van der Waals surface area (Å²) in [5.41, 5.74) is -0.217. The van der Waals surface area contributed by atoms with Crippen LogP contribution in [0.3, 0.4) is 0 Å². The number of hydrogen-bond donors (Lipinski definition) is 1. The zero-order chi connectivity index (χ0) is 20.9. The van der Waals surface area contributed by atoms with E-state index >= 15 is 0 Å². The maximum absolute atomic E-state index is 14.4. The van der Waals surface area contributed by atoms with Crippen LogP contribution in [-0.2, 0) is 14.8 Å². The van der Waals surface area contributed by atoms with E-state index in [9.17, 15) is 17.6 Å². The van der Waals surface area contributed by atoms with Crippen molar-refractivity contribution in [3.63, 3.8) is 0 Å². The number of thioether (sulfide) groups is 1. The quantitative estimate of drug-likeness (QED) is 0.415. The molecule has 1 amide bonds. The first kappa shape index (κ1) is 21.2. The lowest BCUT2D eigenvalue weighted by atomic mass is 10.3. The monoisotopic (exact) mass is 452 g/mol. The summed E-state index contributed by atoms with van der Waals surface area (Å²) < 4.78 is 42.0. The van der Waals surface area contributed by atoms with Crippen LogP contribution in [0.25, 0.3) is 0 Å². The first-order chi connectivity index (χ1) is 13.9. The lowest BCUT2D eigenvalue weighted by Crippen LogP contribution is -2.38. The zero-order valence-corrected chi connectivity index (χ0v) is 17.7. The number of rotatable bonds is 8. The molecule has 0 fully saturated rings. The van der Waals surface area contributed by atoms with E-state index in [0.717, 1.165) is 16.1 Å². The van der Waals surface area contributed by atoms with Gasteiger partial charge in [-0.05, 0) is 30.0 Å². The van der Waals surface area contributed by atoms with Gasteiger partial charge in [-0.1, -0.05) is 60.4 Å². The van der Waals surface area contributed by atoms with Crippen LogP contribution in [0.1, 0.15) is 6.92 Å². The van der Waals surface area contributed by atoms with Gasteiger partial charge in [0.15, 0.2) is 4.34 Å². The molecule has 11 heteroatoms. The van der Waals surface area contributed by atoms with Crippen molar-refractivity contribution in [2.24, 2.45) is 0 Å². The summed E-state index contributed by atoms with van der Waals surface area (Å²) in [7, 11) is -4.17. The summed E-state index contributed by atoms with van der Waals surface area (Å²) in [6, 6.07) is 13.0. The Labute approximate surface area is 176 Å².